The van der Waals surface area contributed by atoms with Crippen LogP contribution in [0.25, 0.3) is 0 Å². The summed E-state index contributed by atoms with van der Waals surface area (Å²) in [6.45, 7) is 4.75. The molecular weight excluding hydrogens is 316 g/mol. The van der Waals surface area contributed by atoms with E-state index in [2.05, 4.69) is 36.5 Å². The van der Waals surface area contributed by atoms with Crippen LogP contribution < -0.4 is 5.32 Å². The second-order valence-electron chi connectivity index (χ2n) is 5.72. The molecule has 2 aliphatic heterocycles. The van der Waals surface area contributed by atoms with Crippen molar-refractivity contribution < 1.29 is 4.79 Å². The summed E-state index contributed by atoms with van der Waals surface area (Å²) in [4.78, 5) is 15.7. The number of nitrogens with one attached hydrogen (secondary N) is 1. The molecule has 0 aromatic heterocycles. The fraction of sp³-hybridized carbons (Fsp3) is 0.471. The van der Waals surface area contributed by atoms with Gasteiger partial charge in [0.25, 0.3) is 0 Å². The minimum Gasteiger partial charge on any atom is -0.341 e. The van der Waals surface area contributed by atoms with Gasteiger partial charge in [-0.15, -0.1) is 24.2 Å². The highest BCUT2D eigenvalue weighted by atomic mass is 35.5. The summed E-state index contributed by atoms with van der Waals surface area (Å²) in [5, 5.41) is 3.83. The molecule has 0 radical (unpaired) electrons. The van der Waals surface area contributed by atoms with Crippen LogP contribution in [0.2, 0.25) is 0 Å². The number of rotatable bonds is 3. The molecule has 5 heteroatoms. The number of hydrogen-bond donors (Lipinski definition) is 1. The van der Waals surface area contributed by atoms with Gasteiger partial charge in [0, 0.05) is 29.8 Å². The van der Waals surface area contributed by atoms with Crippen molar-refractivity contribution in [3.8, 4) is 0 Å². The van der Waals surface area contributed by atoms with Crippen LogP contribution in [0.1, 0.15) is 18.4 Å². The van der Waals surface area contributed by atoms with E-state index in [0.717, 1.165) is 32.5 Å². The molecule has 0 saturated carbocycles. The average molecular weight is 339 g/mol. The summed E-state index contributed by atoms with van der Waals surface area (Å²) < 4.78 is 0. The lowest BCUT2D eigenvalue weighted by atomic mass is 10.1. The summed E-state index contributed by atoms with van der Waals surface area (Å²) >= 11 is 1.97. The van der Waals surface area contributed by atoms with Gasteiger partial charge >= 0.3 is 0 Å². The predicted octanol–water partition coefficient (Wildman–Crippen LogP) is 3.03. The van der Waals surface area contributed by atoms with Gasteiger partial charge in [-0.3, -0.25) is 10.1 Å². The Bertz CT molecular complexity index is 541. The Hall–Kier alpha value is -0.970. The largest absolute Gasteiger partial charge is 0.341 e. The van der Waals surface area contributed by atoms with Gasteiger partial charge in [-0.2, -0.15) is 0 Å². The standard InChI is InChI=1S/C17H22N2OS.ClH/c1-13-5-2-3-7-16(13)21-14-8-11-19(12-9-14)17(20)15-6-4-10-18-15;/h2-7,14-15,18H,8-12H2,1H3;1H. The monoisotopic (exact) mass is 338 g/mol. The highest BCUT2D eigenvalue weighted by molar-refractivity contribution is 8.00. The second-order valence-corrected chi connectivity index (χ2v) is 7.06. The Morgan fingerprint density at radius 3 is 2.64 bits per heavy atom. The van der Waals surface area contributed by atoms with Crippen LogP contribution >= 0.6 is 24.2 Å². The van der Waals surface area contributed by atoms with Crippen molar-refractivity contribution in [1.29, 1.82) is 0 Å². The Morgan fingerprint density at radius 1 is 1.27 bits per heavy atom. The number of benzene rings is 1. The zero-order valence-corrected chi connectivity index (χ0v) is 14.5. The number of carbonyl (C=O) groups is 1. The molecule has 1 aromatic rings. The number of nitrogens with zero attached hydrogens (tertiary/aromatic N) is 1. The maximum atomic E-state index is 12.3. The Morgan fingerprint density at radius 2 is 2.00 bits per heavy atom. The van der Waals surface area contributed by atoms with Crippen LogP contribution in [-0.4, -0.2) is 41.7 Å². The first-order valence-corrected chi connectivity index (χ1v) is 8.53. The Labute approximate surface area is 142 Å². The SMILES string of the molecule is Cc1ccccc1SC1CCN(C(=O)C2C=CCN2)CC1.Cl. The van der Waals surface area contributed by atoms with E-state index < -0.39 is 0 Å². The number of aryl methyl sites for hydroxylation is 1. The second kappa shape index (κ2) is 8.04. The molecule has 2 heterocycles. The molecule has 1 aromatic carbocycles. The molecule has 0 spiro atoms. The number of amides is 1. The minimum absolute atomic E-state index is 0. The van der Waals surface area contributed by atoms with Crippen molar-refractivity contribution in [2.24, 2.45) is 0 Å². The quantitative estimate of drug-likeness (QED) is 0.860. The van der Waals surface area contributed by atoms with Gasteiger partial charge in [0.2, 0.25) is 5.91 Å². The van der Waals surface area contributed by atoms with Crippen LogP contribution in [0.15, 0.2) is 41.3 Å². The predicted molar refractivity (Wildman–Crippen MR) is 94.8 cm³/mol. The Kier molecular flexibility index (Phi) is 6.36. The summed E-state index contributed by atoms with van der Waals surface area (Å²) in [6, 6.07) is 8.46. The van der Waals surface area contributed by atoms with Gasteiger partial charge in [0.05, 0.1) is 0 Å². The molecule has 120 valence electrons. The molecule has 3 rings (SSSR count). The van der Waals surface area contributed by atoms with Crippen molar-refractivity contribution in [1.82, 2.24) is 10.2 Å². The molecule has 3 nitrogen and oxygen atoms in total. The third-order valence-corrected chi connectivity index (χ3v) is 5.71. The van der Waals surface area contributed by atoms with Crippen LogP contribution in [0.5, 0.6) is 0 Å². The molecule has 1 fully saturated rings. The van der Waals surface area contributed by atoms with Gasteiger partial charge < -0.3 is 4.90 Å². The lowest BCUT2D eigenvalue weighted by Gasteiger charge is -2.33. The first-order valence-electron chi connectivity index (χ1n) is 7.65. The molecule has 2 aliphatic rings. The van der Waals surface area contributed by atoms with Crippen LogP contribution in [0.4, 0.5) is 0 Å². The van der Waals surface area contributed by atoms with Crippen molar-refractivity contribution in [3.05, 3.63) is 42.0 Å². The third-order valence-electron chi connectivity index (χ3n) is 4.19. The maximum Gasteiger partial charge on any atom is 0.243 e. The number of piperidine rings is 1. The highest BCUT2D eigenvalue weighted by Gasteiger charge is 2.28. The van der Waals surface area contributed by atoms with E-state index in [1.807, 2.05) is 28.8 Å². The van der Waals surface area contributed by atoms with E-state index in [-0.39, 0.29) is 24.4 Å². The van der Waals surface area contributed by atoms with E-state index in [9.17, 15) is 4.79 Å². The van der Waals surface area contributed by atoms with E-state index in [1.165, 1.54) is 10.5 Å². The molecule has 22 heavy (non-hydrogen) atoms. The van der Waals surface area contributed by atoms with Crippen LogP contribution in [0, 0.1) is 6.92 Å². The van der Waals surface area contributed by atoms with E-state index in [1.54, 1.807) is 0 Å². The summed E-state index contributed by atoms with van der Waals surface area (Å²) in [5.74, 6) is 0.239. The number of hydrogen-bond acceptors (Lipinski definition) is 3. The molecular formula is C17H23ClN2OS. The molecule has 1 N–H and O–H groups in total. The maximum absolute atomic E-state index is 12.3. The third kappa shape index (κ3) is 4.06. The zero-order chi connectivity index (χ0) is 14.7. The molecule has 1 unspecified atom stereocenters. The zero-order valence-electron chi connectivity index (χ0n) is 12.8. The van der Waals surface area contributed by atoms with E-state index >= 15 is 0 Å². The lowest BCUT2D eigenvalue weighted by molar-refractivity contribution is -0.132. The van der Waals surface area contributed by atoms with Gasteiger partial charge in [0.15, 0.2) is 0 Å². The molecule has 0 aliphatic carbocycles. The Balaban J connectivity index is 0.00000176. The number of likely N-dealkylation sites (tertiary alicyclic amines) is 1. The summed E-state index contributed by atoms with van der Waals surface area (Å²) in [5.41, 5.74) is 1.35. The van der Waals surface area contributed by atoms with Gasteiger partial charge in [0.1, 0.15) is 6.04 Å². The summed E-state index contributed by atoms with van der Waals surface area (Å²) in [6.07, 6.45) is 6.18. The topological polar surface area (TPSA) is 32.3 Å². The van der Waals surface area contributed by atoms with Crippen LogP contribution in [0.3, 0.4) is 0 Å². The first kappa shape index (κ1) is 17.4. The molecule has 0 bridgehead atoms. The van der Waals surface area contributed by atoms with Gasteiger partial charge in [-0.25, -0.2) is 0 Å². The smallest absolute Gasteiger partial charge is 0.243 e. The van der Waals surface area contributed by atoms with Crippen molar-refractivity contribution in [3.63, 3.8) is 0 Å². The molecule has 1 amide bonds. The number of carbonyl (C=O) groups excluding carboxylic acids is 1. The summed E-state index contributed by atoms with van der Waals surface area (Å²) in [7, 11) is 0. The number of halogens is 1. The van der Waals surface area contributed by atoms with Crippen molar-refractivity contribution in [2.45, 2.75) is 36.0 Å². The first-order chi connectivity index (χ1) is 10.2. The molecule has 1 saturated heterocycles. The molecule has 1 atom stereocenters. The van der Waals surface area contributed by atoms with E-state index in [4.69, 9.17) is 0 Å². The average Bonchev–Trinajstić information content (AvgIpc) is 3.04. The normalized spacial score (nSPS) is 21.7. The van der Waals surface area contributed by atoms with Gasteiger partial charge in [-0.1, -0.05) is 30.4 Å². The lowest BCUT2D eigenvalue weighted by Crippen LogP contribution is -2.47. The van der Waals surface area contributed by atoms with Crippen molar-refractivity contribution >= 4 is 30.1 Å². The fourth-order valence-electron chi connectivity index (χ4n) is 2.90. The van der Waals surface area contributed by atoms with E-state index in [0.29, 0.717) is 5.25 Å². The fourth-order valence-corrected chi connectivity index (χ4v) is 4.11. The van der Waals surface area contributed by atoms with Gasteiger partial charge in [-0.05, 0) is 31.4 Å². The minimum atomic E-state index is -0.0921. The van der Waals surface area contributed by atoms with Crippen LogP contribution in [-0.2, 0) is 4.79 Å². The van der Waals surface area contributed by atoms with Crippen molar-refractivity contribution in [2.75, 3.05) is 19.6 Å². The number of thioether (sulfide) groups is 1. The highest BCUT2D eigenvalue weighted by Crippen LogP contribution is 2.32.